The van der Waals surface area contributed by atoms with Crippen LogP contribution >= 0.6 is 0 Å². The average molecular weight is 422 g/mol. The van der Waals surface area contributed by atoms with Gasteiger partial charge in [0.05, 0.1) is 19.4 Å². The normalized spacial score (nSPS) is 21.2. The minimum absolute atomic E-state index is 0.278. The molecule has 0 aliphatic carbocycles. The summed E-state index contributed by atoms with van der Waals surface area (Å²) < 4.78 is 0.972. The molecule has 1 heterocycles. The summed E-state index contributed by atoms with van der Waals surface area (Å²) in [6, 6.07) is 0. The molecule has 2 unspecified atom stereocenters. The number of aliphatic hydroxyl groups is 1. The number of rotatable bonds is 21. The molecule has 176 valence electrons. The SMILES string of the molecule is CCCCCCCCCCC/C=C/CCCCCCCC1N=CC[N+]1(CC)CCO. The van der Waals surface area contributed by atoms with Crippen LogP contribution in [0.5, 0.6) is 0 Å². The van der Waals surface area contributed by atoms with Crippen LogP contribution in [0, 0.1) is 0 Å². The molecular weight excluding hydrogens is 368 g/mol. The Balaban J connectivity index is 1.87. The summed E-state index contributed by atoms with van der Waals surface area (Å²) in [5.41, 5.74) is 0. The molecule has 0 aromatic heterocycles. The topological polar surface area (TPSA) is 32.6 Å². The summed E-state index contributed by atoms with van der Waals surface area (Å²) in [6.45, 7) is 7.74. The minimum Gasteiger partial charge on any atom is -0.391 e. The molecule has 0 saturated heterocycles. The van der Waals surface area contributed by atoms with E-state index in [1.165, 1.54) is 109 Å². The first-order chi connectivity index (χ1) is 14.8. The molecule has 1 aliphatic rings. The Hall–Kier alpha value is -0.670. The minimum atomic E-state index is 0.278. The van der Waals surface area contributed by atoms with E-state index in [2.05, 4.69) is 32.2 Å². The Morgan fingerprint density at radius 2 is 1.33 bits per heavy atom. The van der Waals surface area contributed by atoms with Crippen molar-refractivity contribution in [2.75, 3.05) is 26.2 Å². The van der Waals surface area contributed by atoms with Gasteiger partial charge in [-0.1, -0.05) is 89.7 Å². The maximum atomic E-state index is 9.39. The first-order valence-corrected chi connectivity index (χ1v) is 13.4. The third-order valence-corrected chi connectivity index (χ3v) is 7.00. The van der Waals surface area contributed by atoms with Crippen LogP contribution in [0.4, 0.5) is 0 Å². The van der Waals surface area contributed by atoms with Gasteiger partial charge in [0.15, 0.2) is 6.17 Å². The second kappa shape index (κ2) is 19.0. The summed E-state index contributed by atoms with van der Waals surface area (Å²) in [5.74, 6) is 0. The number of likely N-dealkylation sites (N-methyl/N-ethyl adjacent to an activating group) is 1. The van der Waals surface area contributed by atoms with Gasteiger partial charge in [-0.25, -0.2) is 4.99 Å². The van der Waals surface area contributed by atoms with Gasteiger partial charge in [0.25, 0.3) is 0 Å². The molecule has 2 atom stereocenters. The van der Waals surface area contributed by atoms with Crippen LogP contribution in [0.3, 0.4) is 0 Å². The quantitative estimate of drug-likeness (QED) is 0.117. The molecule has 3 nitrogen and oxygen atoms in total. The number of aliphatic hydroxyl groups excluding tert-OH is 1. The lowest BCUT2D eigenvalue weighted by Crippen LogP contribution is -2.53. The molecule has 1 rings (SSSR count). The number of quaternary nitrogens is 1. The van der Waals surface area contributed by atoms with E-state index in [4.69, 9.17) is 4.99 Å². The molecule has 0 aromatic carbocycles. The first kappa shape index (κ1) is 27.4. The predicted molar refractivity (Wildman–Crippen MR) is 133 cm³/mol. The van der Waals surface area contributed by atoms with Crippen molar-refractivity contribution in [1.82, 2.24) is 0 Å². The predicted octanol–water partition coefficient (Wildman–Crippen LogP) is 7.43. The molecule has 0 fully saturated rings. The molecule has 0 spiro atoms. The van der Waals surface area contributed by atoms with E-state index in [0.29, 0.717) is 6.17 Å². The number of hydrogen-bond donors (Lipinski definition) is 1. The van der Waals surface area contributed by atoms with E-state index in [1.807, 2.05) is 0 Å². The standard InChI is InChI=1S/C27H53N2O/c1-3-5-6-7-8-9-10-11-12-13-14-15-16-17-18-19-20-21-22-27-28-23-24-29(27,4-2)25-26-30/h14-15,23,27,30H,3-13,16-22,24-26H2,1-2H3/q+1/b15-14+. The third kappa shape index (κ3) is 12.2. The van der Waals surface area contributed by atoms with Crippen molar-refractivity contribution in [2.45, 2.75) is 129 Å². The fourth-order valence-electron chi connectivity index (χ4n) is 4.81. The molecule has 1 N–H and O–H groups in total. The van der Waals surface area contributed by atoms with Crippen LogP contribution in [0.1, 0.15) is 123 Å². The fraction of sp³-hybridized carbons (Fsp3) is 0.889. The summed E-state index contributed by atoms with van der Waals surface area (Å²) in [4.78, 5) is 4.72. The molecule has 0 saturated carbocycles. The van der Waals surface area contributed by atoms with Crippen LogP contribution in [0.15, 0.2) is 17.1 Å². The van der Waals surface area contributed by atoms with Crippen molar-refractivity contribution in [1.29, 1.82) is 0 Å². The van der Waals surface area contributed by atoms with Gasteiger partial charge in [-0.05, 0) is 39.0 Å². The summed E-state index contributed by atoms with van der Waals surface area (Å²) >= 11 is 0. The molecule has 30 heavy (non-hydrogen) atoms. The van der Waals surface area contributed by atoms with E-state index in [9.17, 15) is 5.11 Å². The fourth-order valence-corrected chi connectivity index (χ4v) is 4.81. The van der Waals surface area contributed by atoms with Crippen molar-refractivity contribution in [3.63, 3.8) is 0 Å². The van der Waals surface area contributed by atoms with Crippen molar-refractivity contribution in [2.24, 2.45) is 4.99 Å². The molecule has 0 aromatic rings. The largest absolute Gasteiger partial charge is 0.391 e. The number of aliphatic imine (C=N–C) groups is 1. The van der Waals surface area contributed by atoms with E-state index in [0.717, 1.165) is 24.1 Å². The summed E-state index contributed by atoms with van der Waals surface area (Å²) in [7, 11) is 0. The molecule has 0 amide bonds. The Kier molecular flexibility index (Phi) is 17.4. The highest BCUT2D eigenvalue weighted by molar-refractivity contribution is 5.60. The number of unbranched alkanes of at least 4 members (excludes halogenated alkanes) is 14. The van der Waals surface area contributed by atoms with Crippen molar-refractivity contribution in [3.05, 3.63) is 12.2 Å². The Bertz CT molecular complexity index is 435. The Morgan fingerprint density at radius 1 is 0.800 bits per heavy atom. The summed E-state index contributed by atoms with van der Waals surface area (Å²) in [6.07, 6.45) is 30.5. The van der Waals surface area contributed by atoms with E-state index < -0.39 is 0 Å². The lowest BCUT2D eigenvalue weighted by Gasteiger charge is -2.37. The van der Waals surface area contributed by atoms with Gasteiger partial charge in [-0.15, -0.1) is 0 Å². The lowest BCUT2D eigenvalue weighted by molar-refractivity contribution is -0.936. The maximum absolute atomic E-state index is 9.39. The molecular formula is C27H53N2O+. The molecule has 1 aliphatic heterocycles. The number of hydrogen-bond acceptors (Lipinski definition) is 2. The van der Waals surface area contributed by atoms with Crippen LogP contribution < -0.4 is 0 Å². The molecule has 3 heteroatoms. The van der Waals surface area contributed by atoms with Crippen LogP contribution in [0.2, 0.25) is 0 Å². The van der Waals surface area contributed by atoms with E-state index in [-0.39, 0.29) is 6.61 Å². The smallest absolute Gasteiger partial charge is 0.182 e. The van der Waals surface area contributed by atoms with E-state index in [1.54, 1.807) is 0 Å². The zero-order chi connectivity index (χ0) is 21.8. The van der Waals surface area contributed by atoms with Gasteiger partial charge in [0.1, 0.15) is 13.1 Å². The van der Waals surface area contributed by atoms with Crippen LogP contribution in [0.25, 0.3) is 0 Å². The lowest BCUT2D eigenvalue weighted by atomic mass is 10.1. The molecule has 0 radical (unpaired) electrons. The number of nitrogens with zero attached hydrogens (tertiary/aromatic N) is 2. The van der Waals surface area contributed by atoms with E-state index >= 15 is 0 Å². The van der Waals surface area contributed by atoms with Gasteiger partial charge >= 0.3 is 0 Å². The zero-order valence-corrected chi connectivity index (χ0v) is 20.5. The third-order valence-electron chi connectivity index (χ3n) is 7.00. The van der Waals surface area contributed by atoms with Crippen LogP contribution in [-0.4, -0.2) is 48.2 Å². The maximum Gasteiger partial charge on any atom is 0.182 e. The van der Waals surface area contributed by atoms with Crippen LogP contribution in [-0.2, 0) is 0 Å². The number of allylic oxidation sites excluding steroid dienone is 2. The van der Waals surface area contributed by atoms with Gasteiger partial charge in [0.2, 0.25) is 0 Å². The highest BCUT2D eigenvalue weighted by Gasteiger charge is 2.36. The zero-order valence-electron chi connectivity index (χ0n) is 20.5. The molecule has 0 bridgehead atoms. The second-order valence-electron chi connectivity index (χ2n) is 9.41. The highest BCUT2D eigenvalue weighted by Crippen LogP contribution is 2.24. The van der Waals surface area contributed by atoms with Gasteiger partial charge < -0.3 is 5.11 Å². The van der Waals surface area contributed by atoms with Gasteiger partial charge in [-0.2, -0.15) is 0 Å². The monoisotopic (exact) mass is 421 g/mol. The van der Waals surface area contributed by atoms with Gasteiger partial charge in [-0.3, -0.25) is 4.48 Å². The van der Waals surface area contributed by atoms with Gasteiger partial charge in [0, 0.05) is 6.42 Å². The van der Waals surface area contributed by atoms with Crippen molar-refractivity contribution < 1.29 is 9.59 Å². The average Bonchev–Trinajstić information content (AvgIpc) is 3.16. The second-order valence-corrected chi connectivity index (χ2v) is 9.41. The summed E-state index contributed by atoms with van der Waals surface area (Å²) in [5, 5.41) is 9.39. The first-order valence-electron chi connectivity index (χ1n) is 13.4. The van der Waals surface area contributed by atoms with Crippen molar-refractivity contribution >= 4 is 6.21 Å². The van der Waals surface area contributed by atoms with Crippen molar-refractivity contribution in [3.8, 4) is 0 Å². The Labute approximate surface area is 188 Å². The highest BCUT2D eigenvalue weighted by atomic mass is 16.3. The Morgan fingerprint density at radius 3 is 1.87 bits per heavy atom.